The molecular formula is C16H13BrN4O4. The van der Waals surface area contributed by atoms with Crippen molar-refractivity contribution in [2.24, 2.45) is 5.10 Å². The first kappa shape index (κ1) is 16.8. The van der Waals surface area contributed by atoms with Gasteiger partial charge in [0.2, 0.25) is 0 Å². The monoisotopic (exact) mass is 404 g/mol. The lowest BCUT2D eigenvalue weighted by Gasteiger charge is -2.06. The maximum Gasteiger partial charge on any atom is 0.291 e. The smallest absolute Gasteiger partial charge is 0.291 e. The molecule has 2 heterocycles. The Balaban J connectivity index is 1.68. The van der Waals surface area contributed by atoms with Gasteiger partial charge in [0, 0.05) is 6.07 Å². The Morgan fingerprint density at radius 2 is 2.32 bits per heavy atom. The summed E-state index contributed by atoms with van der Waals surface area (Å²) in [5.74, 6) is 0.384. The molecule has 8 nitrogen and oxygen atoms in total. The molecule has 0 aliphatic carbocycles. The minimum atomic E-state index is -0.477. The molecule has 1 amide bonds. The van der Waals surface area contributed by atoms with Crippen LogP contribution in [0.3, 0.4) is 0 Å². The van der Waals surface area contributed by atoms with E-state index >= 15 is 0 Å². The van der Waals surface area contributed by atoms with Gasteiger partial charge in [0.15, 0.2) is 23.0 Å². The summed E-state index contributed by atoms with van der Waals surface area (Å²) in [6, 6.07) is 8.27. The zero-order valence-electron chi connectivity index (χ0n) is 13.0. The van der Waals surface area contributed by atoms with Crippen LogP contribution in [0.2, 0.25) is 0 Å². The van der Waals surface area contributed by atoms with E-state index in [0.717, 1.165) is 0 Å². The number of rotatable bonds is 5. The molecule has 0 bridgehead atoms. The summed E-state index contributed by atoms with van der Waals surface area (Å²) in [6.07, 6.45) is 2.95. The highest BCUT2D eigenvalue weighted by Gasteiger charge is 2.12. The molecule has 0 saturated carbocycles. The van der Waals surface area contributed by atoms with Crippen LogP contribution in [-0.4, -0.2) is 34.5 Å². The number of H-pyrrole nitrogens is 1. The number of aromatic nitrogens is 2. The van der Waals surface area contributed by atoms with E-state index < -0.39 is 5.91 Å². The van der Waals surface area contributed by atoms with Crippen LogP contribution in [0.4, 0.5) is 0 Å². The van der Waals surface area contributed by atoms with E-state index in [0.29, 0.717) is 21.5 Å². The zero-order valence-corrected chi connectivity index (χ0v) is 14.6. The third kappa shape index (κ3) is 3.72. The second-order valence-corrected chi connectivity index (χ2v) is 5.75. The summed E-state index contributed by atoms with van der Waals surface area (Å²) in [5, 5.41) is 20.3. The molecule has 3 aromatic rings. The molecule has 3 N–H and O–H groups in total. The number of ether oxygens (including phenoxy) is 1. The van der Waals surface area contributed by atoms with Crippen LogP contribution in [0.15, 0.2) is 50.6 Å². The normalized spacial score (nSPS) is 11.0. The molecule has 128 valence electrons. The Labute approximate surface area is 150 Å². The summed E-state index contributed by atoms with van der Waals surface area (Å²) in [5.41, 5.74) is 3.76. The van der Waals surface area contributed by atoms with Crippen molar-refractivity contribution >= 4 is 28.1 Å². The molecule has 0 radical (unpaired) electrons. The van der Waals surface area contributed by atoms with Gasteiger partial charge in [-0.25, -0.2) is 5.43 Å². The van der Waals surface area contributed by atoms with Gasteiger partial charge in [0.05, 0.1) is 24.1 Å². The van der Waals surface area contributed by atoms with Crippen molar-refractivity contribution in [1.29, 1.82) is 0 Å². The fourth-order valence-electron chi connectivity index (χ4n) is 2.04. The number of amides is 1. The third-order valence-corrected chi connectivity index (χ3v) is 3.85. The molecule has 0 atom stereocenters. The first-order valence-electron chi connectivity index (χ1n) is 7.07. The van der Waals surface area contributed by atoms with E-state index in [1.54, 1.807) is 30.3 Å². The number of aromatic hydroxyl groups is 1. The van der Waals surface area contributed by atoms with Crippen molar-refractivity contribution < 1.29 is 19.1 Å². The van der Waals surface area contributed by atoms with Gasteiger partial charge in [-0.1, -0.05) is 0 Å². The predicted octanol–water partition coefficient (Wildman–Crippen LogP) is 2.91. The number of carbonyl (C=O) groups excluding carboxylic acids is 1. The number of benzene rings is 1. The summed E-state index contributed by atoms with van der Waals surface area (Å²) < 4.78 is 10.7. The van der Waals surface area contributed by atoms with Gasteiger partial charge in [-0.2, -0.15) is 10.2 Å². The average molecular weight is 405 g/mol. The summed E-state index contributed by atoms with van der Waals surface area (Å²) >= 11 is 3.21. The Morgan fingerprint density at radius 3 is 3.04 bits per heavy atom. The van der Waals surface area contributed by atoms with Gasteiger partial charge >= 0.3 is 0 Å². The topological polar surface area (TPSA) is 113 Å². The number of phenols is 1. The highest BCUT2D eigenvalue weighted by molar-refractivity contribution is 9.10. The van der Waals surface area contributed by atoms with Crippen LogP contribution in [0, 0.1) is 0 Å². The second kappa shape index (κ2) is 7.22. The van der Waals surface area contributed by atoms with Gasteiger partial charge in [-0.05, 0) is 45.8 Å². The van der Waals surface area contributed by atoms with Crippen LogP contribution < -0.4 is 10.2 Å². The van der Waals surface area contributed by atoms with Gasteiger partial charge in [-0.15, -0.1) is 0 Å². The maximum atomic E-state index is 12.1. The molecule has 0 aliphatic heterocycles. The Kier molecular flexibility index (Phi) is 4.85. The predicted molar refractivity (Wildman–Crippen MR) is 93.7 cm³/mol. The van der Waals surface area contributed by atoms with Crippen molar-refractivity contribution in [1.82, 2.24) is 15.6 Å². The lowest BCUT2D eigenvalue weighted by atomic mass is 10.2. The van der Waals surface area contributed by atoms with Gasteiger partial charge < -0.3 is 14.3 Å². The first-order valence-corrected chi connectivity index (χ1v) is 7.87. The number of nitrogens with zero attached hydrogens (tertiary/aromatic N) is 2. The first-order chi connectivity index (χ1) is 12.1. The lowest BCUT2D eigenvalue weighted by molar-refractivity contribution is 0.0950. The standard InChI is InChI=1S/C16H13BrN4O4/c1-24-14-6-9(5-10(17)15(14)22)8-18-21-16(23)12-7-11(19-20-12)13-3-2-4-25-13/h2-8,22H,1H3,(H,19,20)(H,21,23)/b18-8+. The van der Waals surface area contributed by atoms with E-state index in [1.807, 2.05) is 0 Å². The molecule has 3 rings (SSSR count). The van der Waals surface area contributed by atoms with Gasteiger partial charge in [0.1, 0.15) is 5.69 Å². The van der Waals surface area contributed by atoms with Crippen LogP contribution in [0.25, 0.3) is 11.5 Å². The number of phenolic OH excluding ortho intramolecular Hbond substituents is 1. The quantitative estimate of drug-likeness (QED) is 0.446. The molecule has 1 aromatic carbocycles. The Hall–Kier alpha value is -3.07. The van der Waals surface area contributed by atoms with Gasteiger partial charge in [-0.3, -0.25) is 9.89 Å². The number of hydrogen-bond donors (Lipinski definition) is 3. The SMILES string of the molecule is COc1cc(/C=N/NC(=O)c2cc(-c3ccco3)[nH]n2)cc(Br)c1O. The van der Waals surface area contributed by atoms with Crippen LogP contribution in [0.1, 0.15) is 16.1 Å². The van der Waals surface area contributed by atoms with E-state index in [2.05, 4.69) is 36.7 Å². The number of furan rings is 1. The molecule has 0 unspecified atom stereocenters. The third-order valence-electron chi connectivity index (χ3n) is 3.25. The van der Waals surface area contributed by atoms with Gasteiger partial charge in [0.25, 0.3) is 5.91 Å². The lowest BCUT2D eigenvalue weighted by Crippen LogP contribution is -2.18. The summed E-state index contributed by atoms with van der Waals surface area (Å²) in [4.78, 5) is 12.1. The minimum Gasteiger partial charge on any atom is -0.503 e. The number of nitrogens with one attached hydrogen (secondary N) is 2. The largest absolute Gasteiger partial charge is 0.503 e. The Morgan fingerprint density at radius 1 is 1.48 bits per heavy atom. The number of aromatic amines is 1. The maximum absolute atomic E-state index is 12.1. The summed E-state index contributed by atoms with van der Waals surface area (Å²) in [7, 11) is 1.44. The minimum absolute atomic E-state index is 0.00864. The zero-order chi connectivity index (χ0) is 17.8. The van der Waals surface area contributed by atoms with E-state index in [1.165, 1.54) is 19.6 Å². The highest BCUT2D eigenvalue weighted by Crippen LogP contribution is 2.34. The number of hydrazone groups is 1. The molecule has 0 saturated heterocycles. The van der Waals surface area contributed by atoms with E-state index in [9.17, 15) is 9.90 Å². The van der Waals surface area contributed by atoms with Crippen molar-refractivity contribution in [3.05, 3.63) is 52.3 Å². The molecule has 0 spiro atoms. The van der Waals surface area contributed by atoms with Crippen molar-refractivity contribution in [2.45, 2.75) is 0 Å². The second-order valence-electron chi connectivity index (χ2n) is 4.90. The molecule has 9 heteroatoms. The van der Waals surface area contributed by atoms with Crippen molar-refractivity contribution in [3.8, 4) is 23.0 Å². The molecular weight excluding hydrogens is 392 g/mol. The van der Waals surface area contributed by atoms with E-state index in [4.69, 9.17) is 9.15 Å². The van der Waals surface area contributed by atoms with Crippen LogP contribution >= 0.6 is 15.9 Å². The average Bonchev–Trinajstić information content (AvgIpc) is 3.28. The van der Waals surface area contributed by atoms with Crippen LogP contribution in [0.5, 0.6) is 11.5 Å². The fourth-order valence-corrected chi connectivity index (χ4v) is 2.50. The summed E-state index contributed by atoms with van der Waals surface area (Å²) in [6.45, 7) is 0. The number of halogens is 1. The number of methoxy groups -OCH3 is 1. The Bertz CT molecular complexity index is 918. The molecule has 2 aromatic heterocycles. The van der Waals surface area contributed by atoms with Crippen molar-refractivity contribution in [2.75, 3.05) is 7.11 Å². The van der Waals surface area contributed by atoms with E-state index in [-0.39, 0.29) is 17.2 Å². The molecule has 25 heavy (non-hydrogen) atoms. The molecule has 0 aliphatic rings. The highest BCUT2D eigenvalue weighted by atomic mass is 79.9. The number of carbonyl (C=O) groups is 1. The number of hydrogen-bond acceptors (Lipinski definition) is 6. The van der Waals surface area contributed by atoms with Crippen LogP contribution in [-0.2, 0) is 0 Å². The molecule has 0 fully saturated rings. The van der Waals surface area contributed by atoms with Crippen molar-refractivity contribution in [3.63, 3.8) is 0 Å². The fraction of sp³-hybridized carbons (Fsp3) is 0.0625.